The third kappa shape index (κ3) is 4.05. The molecule has 0 aliphatic heterocycles. The Morgan fingerprint density at radius 2 is 1.95 bits per heavy atom. The van der Waals surface area contributed by atoms with Crippen molar-refractivity contribution in [2.24, 2.45) is 5.73 Å². The Kier molecular flexibility index (Phi) is 5.14. The van der Waals surface area contributed by atoms with Gasteiger partial charge < -0.3 is 11.1 Å². The van der Waals surface area contributed by atoms with Gasteiger partial charge in [0.1, 0.15) is 0 Å². The molecule has 0 fully saturated rings. The van der Waals surface area contributed by atoms with E-state index in [4.69, 9.17) is 5.73 Å². The summed E-state index contributed by atoms with van der Waals surface area (Å²) in [5.74, 6) is -0.159. The zero-order valence-electron chi connectivity index (χ0n) is 11.3. The topological polar surface area (TPSA) is 55.1 Å². The first-order valence-corrected chi connectivity index (χ1v) is 7.50. The molecule has 1 atom stereocenters. The molecule has 0 heterocycles. The van der Waals surface area contributed by atoms with Crippen molar-refractivity contribution in [3.8, 4) is 0 Å². The van der Waals surface area contributed by atoms with Crippen LogP contribution in [0, 0.1) is 10.5 Å². The summed E-state index contributed by atoms with van der Waals surface area (Å²) in [7, 11) is 0. The van der Waals surface area contributed by atoms with Crippen molar-refractivity contribution in [1.82, 2.24) is 0 Å². The van der Waals surface area contributed by atoms with Gasteiger partial charge in [0, 0.05) is 9.26 Å². The molecule has 2 rings (SSSR count). The third-order valence-corrected chi connectivity index (χ3v) is 4.24. The fourth-order valence-electron chi connectivity index (χ4n) is 1.87. The minimum absolute atomic E-state index is 0.159. The standard InChI is InChI=1S/C16H17IN2O/c1-11-7-8-13(10-14(11)17)19-16(20)15(18)9-12-5-3-2-4-6-12/h2-8,10,15H,9,18H2,1H3,(H,19,20)/t15-/m0/s1. The van der Waals surface area contributed by atoms with Crippen LogP contribution in [0.4, 0.5) is 5.69 Å². The SMILES string of the molecule is Cc1ccc(NC(=O)[C@@H](N)Cc2ccccc2)cc1I. The molecule has 1 amide bonds. The van der Waals surface area contributed by atoms with Gasteiger partial charge in [-0.2, -0.15) is 0 Å². The normalized spacial score (nSPS) is 11.9. The minimum Gasteiger partial charge on any atom is -0.325 e. The summed E-state index contributed by atoms with van der Waals surface area (Å²) in [6.07, 6.45) is 0.537. The first-order valence-electron chi connectivity index (χ1n) is 6.43. The van der Waals surface area contributed by atoms with E-state index in [-0.39, 0.29) is 5.91 Å². The molecule has 3 nitrogen and oxygen atoms in total. The summed E-state index contributed by atoms with van der Waals surface area (Å²) in [6, 6.07) is 15.1. The lowest BCUT2D eigenvalue weighted by Gasteiger charge is -2.13. The van der Waals surface area contributed by atoms with Crippen LogP contribution >= 0.6 is 22.6 Å². The van der Waals surface area contributed by atoms with Crippen LogP contribution in [0.1, 0.15) is 11.1 Å². The van der Waals surface area contributed by atoms with E-state index in [0.717, 1.165) is 14.8 Å². The third-order valence-electron chi connectivity index (χ3n) is 3.07. The molecule has 0 aliphatic rings. The Bertz CT molecular complexity index is 599. The van der Waals surface area contributed by atoms with Gasteiger partial charge in [-0.25, -0.2) is 0 Å². The Morgan fingerprint density at radius 1 is 1.25 bits per heavy atom. The highest BCUT2D eigenvalue weighted by Crippen LogP contribution is 2.17. The lowest BCUT2D eigenvalue weighted by molar-refractivity contribution is -0.117. The Hall–Kier alpha value is -1.40. The molecule has 4 heteroatoms. The number of carbonyl (C=O) groups is 1. The van der Waals surface area contributed by atoms with Gasteiger partial charge in [0.15, 0.2) is 0 Å². The van der Waals surface area contributed by atoms with Crippen molar-refractivity contribution < 1.29 is 4.79 Å². The molecule has 0 aromatic heterocycles. The van der Waals surface area contributed by atoms with E-state index in [1.54, 1.807) is 0 Å². The van der Waals surface area contributed by atoms with E-state index in [2.05, 4.69) is 27.9 Å². The van der Waals surface area contributed by atoms with E-state index >= 15 is 0 Å². The van der Waals surface area contributed by atoms with Crippen molar-refractivity contribution in [3.05, 3.63) is 63.2 Å². The van der Waals surface area contributed by atoms with Crippen molar-refractivity contribution in [1.29, 1.82) is 0 Å². The van der Waals surface area contributed by atoms with Crippen molar-refractivity contribution in [2.45, 2.75) is 19.4 Å². The maximum atomic E-state index is 12.1. The number of hydrogen-bond acceptors (Lipinski definition) is 2. The average Bonchev–Trinajstić information content (AvgIpc) is 2.44. The fraction of sp³-hybridized carbons (Fsp3) is 0.188. The van der Waals surface area contributed by atoms with Gasteiger partial charge in [0.25, 0.3) is 0 Å². The molecular weight excluding hydrogens is 363 g/mol. The Balaban J connectivity index is 1.99. The molecule has 0 bridgehead atoms. The second kappa shape index (κ2) is 6.85. The molecule has 20 heavy (non-hydrogen) atoms. The zero-order valence-corrected chi connectivity index (χ0v) is 13.4. The highest BCUT2D eigenvalue weighted by Gasteiger charge is 2.14. The Labute approximate surface area is 132 Å². The number of benzene rings is 2. The molecule has 2 aromatic rings. The van der Waals surface area contributed by atoms with Gasteiger partial charge in [-0.1, -0.05) is 36.4 Å². The van der Waals surface area contributed by atoms with Crippen molar-refractivity contribution in [2.75, 3.05) is 5.32 Å². The van der Waals surface area contributed by atoms with E-state index < -0.39 is 6.04 Å². The second-order valence-electron chi connectivity index (χ2n) is 4.75. The number of hydrogen-bond donors (Lipinski definition) is 2. The lowest BCUT2D eigenvalue weighted by atomic mass is 10.1. The molecule has 104 valence electrons. The molecule has 3 N–H and O–H groups in total. The van der Waals surface area contributed by atoms with Crippen LogP contribution in [0.25, 0.3) is 0 Å². The molecule has 0 unspecified atom stereocenters. The van der Waals surface area contributed by atoms with Crippen LogP contribution in [-0.4, -0.2) is 11.9 Å². The number of nitrogens with one attached hydrogen (secondary N) is 1. The summed E-state index contributed by atoms with van der Waals surface area (Å²) in [5, 5.41) is 2.86. The molecule has 0 spiro atoms. The summed E-state index contributed by atoms with van der Waals surface area (Å²) < 4.78 is 1.12. The average molecular weight is 380 g/mol. The largest absolute Gasteiger partial charge is 0.325 e. The number of halogens is 1. The van der Waals surface area contributed by atoms with Crippen molar-refractivity contribution in [3.63, 3.8) is 0 Å². The van der Waals surface area contributed by atoms with Crippen LogP contribution in [0.15, 0.2) is 48.5 Å². The van der Waals surface area contributed by atoms with Gasteiger partial charge >= 0.3 is 0 Å². The number of anilines is 1. The maximum absolute atomic E-state index is 12.1. The number of rotatable bonds is 4. The van der Waals surface area contributed by atoms with Crippen LogP contribution in [0.2, 0.25) is 0 Å². The van der Waals surface area contributed by atoms with Gasteiger partial charge in [0.05, 0.1) is 6.04 Å². The van der Waals surface area contributed by atoms with E-state index in [1.807, 2.05) is 55.5 Å². The molecule has 0 saturated carbocycles. The van der Waals surface area contributed by atoms with E-state index in [9.17, 15) is 4.79 Å². The number of aryl methyl sites for hydroxylation is 1. The predicted molar refractivity (Wildman–Crippen MR) is 90.6 cm³/mol. The molecular formula is C16H17IN2O. The predicted octanol–water partition coefficient (Wildman–Crippen LogP) is 3.11. The van der Waals surface area contributed by atoms with E-state index in [0.29, 0.717) is 6.42 Å². The number of amides is 1. The molecule has 0 aliphatic carbocycles. The second-order valence-corrected chi connectivity index (χ2v) is 5.91. The monoisotopic (exact) mass is 380 g/mol. The zero-order chi connectivity index (χ0) is 14.5. The fourth-order valence-corrected chi connectivity index (χ4v) is 2.38. The van der Waals surface area contributed by atoms with Crippen LogP contribution in [0.5, 0.6) is 0 Å². The van der Waals surface area contributed by atoms with E-state index in [1.165, 1.54) is 5.56 Å². The highest BCUT2D eigenvalue weighted by atomic mass is 127. The minimum atomic E-state index is -0.545. The highest BCUT2D eigenvalue weighted by molar-refractivity contribution is 14.1. The summed E-state index contributed by atoms with van der Waals surface area (Å²) >= 11 is 2.25. The molecule has 2 aromatic carbocycles. The first kappa shape index (κ1) is 15.0. The summed E-state index contributed by atoms with van der Waals surface area (Å²) in [5.41, 5.74) is 8.99. The summed E-state index contributed by atoms with van der Waals surface area (Å²) in [4.78, 5) is 12.1. The first-order chi connectivity index (χ1) is 9.56. The molecule has 0 saturated heterocycles. The van der Waals surface area contributed by atoms with Crippen molar-refractivity contribution >= 4 is 34.2 Å². The number of carbonyl (C=O) groups excluding carboxylic acids is 1. The summed E-state index contributed by atoms with van der Waals surface area (Å²) in [6.45, 7) is 2.04. The van der Waals surface area contributed by atoms with Crippen LogP contribution < -0.4 is 11.1 Å². The van der Waals surface area contributed by atoms with Gasteiger partial charge in [0.2, 0.25) is 5.91 Å². The van der Waals surface area contributed by atoms with Gasteiger partial charge in [-0.05, 0) is 59.2 Å². The number of nitrogens with two attached hydrogens (primary N) is 1. The molecule has 0 radical (unpaired) electrons. The quantitative estimate of drug-likeness (QED) is 0.801. The van der Waals surface area contributed by atoms with Crippen LogP contribution in [0.3, 0.4) is 0 Å². The van der Waals surface area contributed by atoms with Gasteiger partial charge in [-0.3, -0.25) is 4.79 Å². The maximum Gasteiger partial charge on any atom is 0.241 e. The Morgan fingerprint density at radius 3 is 2.60 bits per heavy atom. The lowest BCUT2D eigenvalue weighted by Crippen LogP contribution is -2.37. The van der Waals surface area contributed by atoms with Gasteiger partial charge in [-0.15, -0.1) is 0 Å². The van der Waals surface area contributed by atoms with Crippen LogP contribution in [-0.2, 0) is 11.2 Å². The smallest absolute Gasteiger partial charge is 0.241 e.